The fraction of sp³-hybridized carbons (Fsp3) is 0.333. The van der Waals surface area contributed by atoms with Gasteiger partial charge in [-0.25, -0.2) is 4.39 Å². The van der Waals surface area contributed by atoms with Crippen LogP contribution in [-0.4, -0.2) is 6.61 Å². The van der Waals surface area contributed by atoms with E-state index in [9.17, 15) is 4.39 Å². The van der Waals surface area contributed by atoms with Crippen LogP contribution < -0.4 is 4.74 Å². The Kier molecular flexibility index (Phi) is 1.34. The minimum absolute atomic E-state index is 0.224. The average molecular weight is 152 g/mol. The normalized spacial score (nSPS) is 21.1. The molecule has 1 aromatic carbocycles. The Bertz CT molecular complexity index is 283. The van der Waals surface area contributed by atoms with Crippen molar-refractivity contribution in [2.75, 3.05) is 6.61 Å². The van der Waals surface area contributed by atoms with Crippen LogP contribution in [0.4, 0.5) is 4.39 Å². The van der Waals surface area contributed by atoms with Crippen LogP contribution in [0.25, 0.3) is 0 Å². The van der Waals surface area contributed by atoms with E-state index in [1.165, 1.54) is 12.1 Å². The van der Waals surface area contributed by atoms with Gasteiger partial charge in [0.05, 0.1) is 6.61 Å². The summed E-state index contributed by atoms with van der Waals surface area (Å²) in [6.07, 6.45) is 0. The molecule has 0 bridgehead atoms. The Morgan fingerprint density at radius 2 is 2.36 bits per heavy atom. The van der Waals surface area contributed by atoms with Crippen molar-refractivity contribution >= 4 is 0 Å². The highest BCUT2D eigenvalue weighted by atomic mass is 19.1. The number of benzene rings is 1. The first-order valence-electron chi connectivity index (χ1n) is 3.69. The second kappa shape index (κ2) is 2.22. The van der Waals surface area contributed by atoms with Gasteiger partial charge in [0.25, 0.3) is 0 Å². The smallest absolute Gasteiger partial charge is 0.126 e. The van der Waals surface area contributed by atoms with Gasteiger partial charge in [0, 0.05) is 17.5 Å². The lowest BCUT2D eigenvalue weighted by Crippen LogP contribution is -1.93. The highest BCUT2D eigenvalue weighted by Gasteiger charge is 2.19. The van der Waals surface area contributed by atoms with Crippen molar-refractivity contribution in [3.63, 3.8) is 0 Å². The van der Waals surface area contributed by atoms with E-state index >= 15 is 0 Å². The van der Waals surface area contributed by atoms with Crippen LogP contribution in [0.1, 0.15) is 18.4 Å². The summed E-state index contributed by atoms with van der Waals surface area (Å²) in [5.41, 5.74) is 1.12. The summed E-state index contributed by atoms with van der Waals surface area (Å²) < 4.78 is 17.9. The molecule has 0 N–H and O–H groups in total. The molecular formula is C9H9FO. The third kappa shape index (κ3) is 0.985. The number of hydrogen-bond acceptors (Lipinski definition) is 1. The number of ether oxygens (including phenoxy) is 1. The van der Waals surface area contributed by atoms with Crippen LogP contribution in [0, 0.1) is 5.82 Å². The lowest BCUT2D eigenvalue weighted by atomic mass is 10.0. The van der Waals surface area contributed by atoms with Gasteiger partial charge in [-0.05, 0) is 6.07 Å². The van der Waals surface area contributed by atoms with Gasteiger partial charge >= 0.3 is 0 Å². The van der Waals surface area contributed by atoms with Crippen LogP contribution in [0.5, 0.6) is 5.75 Å². The Balaban J connectivity index is 2.50. The molecule has 0 aromatic heterocycles. The molecule has 11 heavy (non-hydrogen) atoms. The van der Waals surface area contributed by atoms with E-state index in [0.29, 0.717) is 18.3 Å². The molecule has 1 aliphatic rings. The predicted molar refractivity (Wildman–Crippen MR) is 40.3 cm³/mol. The summed E-state index contributed by atoms with van der Waals surface area (Å²) in [5.74, 6) is 0.890. The quantitative estimate of drug-likeness (QED) is 0.554. The standard InChI is InChI=1S/C9H9FO/c1-6-5-11-9-4-7(10)2-3-8(6)9/h2-4,6H,5H2,1H3/t6-/m0/s1. The van der Waals surface area contributed by atoms with Crippen LogP contribution in [0.15, 0.2) is 18.2 Å². The molecular weight excluding hydrogens is 143 g/mol. The monoisotopic (exact) mass is 152 g/mol. The SMILES string of the molecule is C[C@H]1COc2cc(F)ccc21. The van der Waals surface area contributed by atoms with Crippen LogP contribution in [-0.2, 0) is 0 Å². The second-order valence-corrected chi connectivity index (χ2v) is 2.89. The lowest BCUT2D eigenvalue weighted by molar-refractivity contribution is 0.336. The van der Waals surface area contributed by atoms with E-state index in [4.69, 9.17) is 4.74 Å². The Hall–Kier alpha value is -1.05. The van der Waals surface area contributed by atoms with Gasteiger partial charge in [-0.3, -0.25) is 0 Å². The molecule has 1 nitrogen and oxygen atoms in total. The Morgan fingerprint density at radius 1 is 1.55 bits per heavy atom. The topological polar surface area (TPSA) is 9.23 Å². The Morgan fingerprint density at radius 3 is 3.18 bits per heavy atom. The molecule has 2 heteroatoms. The van der Waals surface area contributed by atoms with Crippen molar-refractivity contribution in [2.24, 2.45) is 0 Å². The first-order chi connectivity index (χ1) is 5.27. The summed E-state index contributed by atoms with van der Waals surface area (Å²) in [6.45, 7) is 2.75. The second-order valence-electron chi connectivity index (χ2n) is 2.89. The lowest BCUT2D eigenvalue weighted by Gasteiger charge is -1.98. The largest absolute Gasteiger partial charge is 0.493 e. The van der Waals surface area contributed by atoms with E-state index in [1.807, 2.05) is 0 Å². The Labute approximate surface area is 64.8 Å². The molecule has 2 rings (SSSR count). The molecule has 0 amide bonds. The molecule has 0 saturated heterocycles. The maximum absolute atomic E-state index is 12.6. The van der Waals surface area contributed by atoms with Crippen molar-refractivity contribution in [1.29, 1.82) is 0 Å². The van der Waals surface area contributed by atoms with Gasteiger partial charge in [-0.2, -0.15) is 0 Å². The van der Waals surface area contributed by atoms with E-state index in [-0.39, 0.29) is 5.82 Å². The minimum Gasteiger partial charge on any atom is -0.493 e. The summed E-state index contributed by atoms with van der Waals surface area (Å²) in [4.78, 5) is 0. The van der Waals surface area contributed by atoms with E-state index in [0.717, 1.165) is 5.56 Å². The van der Waals surface area contributed by atoms with Crippen LogP contribution >= 0.6 is 0 Å². The average Bonchev–Trinajstić information content (AvgIpc) is 2.32. The zero-order valence-corrected chi connectivity index (χ0v) is 6.30. The molecule has 0 aliphatic carbocycles. The molecule has 0 fully saturated rings. The predicted octanol–water partition coefficient (Wildman–Crippen LogP) is 2.32. The molecule has 1 heterocycles. The molecule has 0 saturated carbocycles. The maximum atomic E-state index is 12.6. The van der Waals surface area contributed by atoms with Gasteiger partial charge in [0.2, 0.25) is 0 Å². The third-order valence-corrected chi connectivity index (χ3v) is 2.00. The van der Waals surface area contributed by atoms with Crippen molar-refractivity contribution in [3.8, 4) is 5.75 Å². The first kappa shape index (κ1) is 6.65. The van der Waals surface area contributed by atoms with Crippen molar-refractivity contribution in [3.05, 3.63) is 29.6 Å². The molecule has 1 atom stereocenters. The number of halogens is 1. The third-order valence-electron chi connectivity index (χ3n) is 2.00. The summed E-state index contributed by atoms with van der Waals surface area (Å²) in [6, 6.07) is 4.71. The van der Waals surface area contributed by atoms with E-state index < -0.39 is 0 Å². The molecule has 0 unspecified atom stereocenters. The molecule has 58 valence electrons. The molecule has 1 aliphatic heterocycles. The molecule has 0 radical (unpaired) electrons. The fourth-order valence-electron chi connectivity index (χ4n) is 1.34. The minimum atomic E-state index is -0.224. The summed E-state index contributed by atoms with van der Waals surface area (Å²) >= 11 is 0. The van der Waals surface area contributed by atoms with Crippen molar-refractivity contribution < 1.29 is 9.13 Å². The van der Waals surface area contributed by atoms with Gasteiger partial charge in [0.15, 0.2) is 0 Å². The first-order valence-corrected chi connectivity index (χ1v) is 3.69. The van der Waals surface area contributed by atoms with Crippen molar-refractivity contribution in [1.82, 2.24) is 0 Å². The summed E-state index contributed by atoms with van der Waals surface area (Å²) in [7, 11) is 0. The zero-order chi connectivity index (χ0) is 7.84. The fourth-order valence-corrected chi connectivity index (χ4v) is 1.34. The molecule has 0 spiro atoms. The molecule has 1 aromatic rings. The highest BCUT2D eigenvalue weighted by Crippen LogP contribution is 2.33. The van der Waals surface area contributed by atoms with Crippen LogP contribution in [0.3, 0.4) is 0 Å². The number of fused-ring (bicyclic) bond motifs is 1. The van der Waals surface area contributed by atoms with Gasteiger partial charge in [0.1, 0.15) is 11.6 Å². The van der Waals surface area contributed by atoms with E-state index in [1.54, 1.807) is 6.07 Å². The van der Waals surface area contributed by atoms with Gasteiger partial charge < -0.3 is 4.74 Å². The number of hydrogen-bond donors (Lipinski definition) is 0. The van der Waals surface area contributed by atoms with Crippen LogP contribution in [0.2, 0.25) is 0 Å². The van der Waals surface area contributed by atoms with Gasteiger partial charge in [-0.1, -0.05) is 13.0 Å². The van der Waals surface area contributed by atoms with Crippen molar-refractivity contribution in [2.45, 2.75) is 12.8 Å². The van der Waals surface area contributed by atoms with E-state index in [2.05, 4.69) is 6.92 Å². The summed E-state index contributed by atoms with van der Waals surface area (Å²) in [5, 5.41) is 0. The van der Waals surface area contributed by atoms with Gasteiger partial charge in [-0.15, -0.1) is 0 Å². The number of rotatable bonds is 0. The highest BCUT2D eigenvalue weighted by molar-refractivity contribution is 5.39. The zero-order valence-electron chi connectivity index (χ0n) is 6.30. The maximum Gasteiger partial charge on any atom is 0.126 e.